The molecular formula is C22H20N6O4S. The molecular weight excluding hydrogens is 444 g/mol. The summed E-state index contributed by atoms with van der Waals surface area (Å²) in [5.74, 6) is -0.532. The Morgan fingerprint density at radius 3 is 2.70 bits per heavy atom. The van der Waals surface area contributed by atoms with Gasteiger partial charge in [0.1, 0.15) is 0 Å². The van der Waals surface area contributed by atoms with Gasteiger partial charge in [-0.15, -0.1) is 11.3 Å². The predicted molar refractivity (Wildman–Crippen MR) is 125 cm³/mol. The lowest BCUT2D eigenvalue weighted by Gasteiger charge is -2.04. The third kappa shape index (κ3) is 5.21. The molecule has 0 aliphatic heterocycles. The highest BCUT2D eigenvalue weighted by Gasteiger charge is 2.18. The number of thiazole rings is 1. The quantitative estimate of drug-likeness (QED) is 0.205. The molecule has 0 unspecified atom stereocenters. The number of rotatable bonds is 8. The number of non-ortho nitro benzene ring substituents is 1. The van der Waals surface area contributed by atoms with E-state index in [1.54, 1.807) is 0 Å². The summed E-state index contributed by atoms with van der Waals surface area (Å²) in [6.07, 6.45) is 1.71. The third-order valence-corrected chi connectivity index (χ3v) is 5.72. The topological polar surface area (TPSA) is 143 Å². The maximum atomic E-state index is 12.7. The zero-order valence-corrected chi connectivity index (χ0v) is 18.4. The van der Waals surface area contributed by atoms with Crippen LogP contribution in [0.2, 0.25) is 0 Å². The van der Waals surface area contributed by atoms with Gasteiger partial charge in [0.25, 0.3) is 11.6 Å². The fraction of sp³-hybridized carbons (Fsp3) is 0.182. The molecule has 0 saturated heterocycles. The molecule has 0 spiro atoms. The second-order valence-corrected chi connectivity index (χ2v) is 8.19. The van der Waals surface area contributed by atoms with Crippen molar-refractivity contribution in [2.24, 2.45) is 0 Å². The van der Waals surface area contributed by atoms with E-state index in [-0.39, 0.29) is 17.3 Å². The Labute approximate surface area is 192 Å². The maximum absolute atomic E-state index is 12.7. The zero-order valence-electron chi connectivity index (χ0n) is 17.6. The van der Waals surface area contributed by atoms with E-state index in [0.717, 1.165) is 29.7 Å². The highest BCUT2D eigenvalue weighted by molar-refractivity contribution is 7.14. The maximum Gasteiger partial charge on any atom is 0.278 e. The van der Waals surface area contributed by atoms with Crippen molar-refractivity contribution in [3.05, 3.63) is 69.2 Å². The molecule has 0 saturated carbocycles. The summed E-state index contributed by atoms with van der Waals surface area (Å²) in [6, 6.07) is 12.2. The first-order chi connectivity index (χ1) is 15.9. The Bertz CT molecular complexity index is 1330. The summed E-state index contributed by atoms with van der Waals surface area (Å²) in [4.78, 5) is 38.6. The van der Waals surface area contributed by atoms with Gasteiger partial charge < -0.3 is 5.32 Å². The van der Waals surface area contributed by atoms with Crippen LogP contribution in [0.5, 0.6) is 0 Å². The van der Waals surface area contributed by atoms with Crippen LogP contribution in [0.4, 0.5) is 10.8 Å². The number of nitrogens with zero attached hydrogens (tertiary/aromatic N) is 3. The van der Waals surface area contributed by atoms with Gasteiger partial charge in [0, 0.05) is 41.9 Å². The second kappa shape index (κ2) is 9.57. The Balaban J connectivity index is 1.42. The normalized spacial score (nSPS) is 10.8. The minimum Gasteiger partial charge on any atom is -0.356 e. The summed E-state index contributed by atoms with van der Waals surface area (Å²) in [5.41, 5.74) is 3.28. The number of carbonyl (C=O) groups excluding carboxylic acids is 2. The van der Waals surface area contributed by atoms with Gasteiger partial charge in [0.05, 0.1) is 16.1 Å². The van der Waals surface area contributed by atoms with Crippen molar-refractivity contribution in [1.82, 2.24) is 20.5 Å². The first-order valence-corrected chi connectivity index (χ1v) is 11.0. The molecule has 33 heavy (non-hydrogen) atoms. The minimum absolute atomic E-state index is 0.0291. The number of hydrogen-bond donors (Lipinski definition) is 3. The summed E-state index contributed by atoms with van der Waals surface area (Å²) in [5, 5.41) is 25.9. The molecule has 10 nitrogen and oxygen atoms in total. The molecule has 0 aliphatic rings. The number of nitrogens with one attached hydrogen (secondary N) is 3. The molecule has 0 radical (unpaired) electrons. The molecule has 2 aromatic carbocycles. The average molecular weight is 465 g/mol. The van der Waals surface area contributed by atoms with Crippen LogP contribution in [0.15, 0.2) is 47.8 Å². The van der Waals surface area contributed by atoms with Crippen molar-refractivity contribution in [3.8, 4) is 11.3 Å². The molecule has 0 fully saturated rings. The number of anilines is 1. The van der Waals surface area contributed by atoms with Crippen molar-refractivity contribution in [3.63, 3.8) is 0 Å². The molecule has 4 aromatic rings. The SMILES string of the molecule is CC(=O)NCCCc1ccc(-c2csc(NC(=O)c3n[nH]c4ccc([N+](=O)[O-])cc34)n2)cc1. The van der Waals surface area contributed by atoms with E-state index in [0.29, 0.717) is 22.6 Å². The standard InChI is InChI=1S/C22H20N6O4S/c1-13(29)23-10-2-3-14-4-6-15(7-5-14)19-12-33-22(24-19)25-21(30)20-17-11-16(28(31)32)8-9-18(17)26-27-20/h4-9,11-12H,2-3,10H2,1H3,(H,23,29)(H,26,27)(H,24,25,30). The number of amides is 2. The van der Waals surface area contributed by atoms with Crippen LogP contribution >= 0.6 is 11.3 Å². The van der Waals surface area contributed by atoms with E-state index in [1.807, 2.05) is 29.6 Å². The first-order valence-electron chi connectivity index (χ1n) is 10.1. The van der Waals surface area contributed by atoms with Gasteiger partial charge in [-0.05, 0) is 24.5 Å². The van der Waals surface area contributed by atoms with Crippen LogP contribution in [0.3, 0.4) is 0 Å². The Kier molecular flexibility index (Phi) is 6.41. The second-order valence-electron chi connectivity index (χ2n) is 7.33. The van der Waals surface area contributed by atoms with Gasteiger partial charge in [-0.25, -0.2) is 4.98 Å². The van der Waals surface area contributed by atoms with Gasteiger partial charge in [0.2, 0.25) is 5.91 Å². The largest absolute Gasteiger partial charge is 0.356 e. The number of nitro benzene ring substituents is 1. The number of aryl methyl sites for hydroxylation is 1. The Morgan fingerprint density at radius 2 is 1.97 bits per heavy atom. The molecule has 2 heterocycles. The van der Waals surface area contributed by atoms with Crippen molar-refractivity contribution >= 4 is 44.9 Å². The van der Waals surface area contributed by atoms with Crippen molar-refractivity contribution in [1.29, 1.82) is 0 Å². The number of fused-ring (bicyclic) bond motifs is 1. The summed E-state index contributed by atoms with van der Waals surface area (Å²) >= 11 is 1.28. The number of aromatic nitrogens is 3. The molecule has 11 heteroatoms. The monoisotopic (exact) mass is 464 g/mol. The molecule has 0 aliphatic carbocycles. The fourth-order valence-corrected chi connectivity index (χ4v) is 4.02. The third-order valence-electron chi connectivity index (χ3n) is 4.96. The van der Waals surface area contributed by atoms with E-state index in [1.165, 1.54) is 36.5 Å². The summed E-state index contributed by atoms with van der Waals surface area (Å²) in [6.45, 7) is 2.15. The van der Waals surface area contributed by atoms with Crippen molar-refractivity contribution in [2.45, 2.75) is 19.8 Å². The van der Waals surface area contributed by atoms with Crippen LogP contribution < -0.4 is 10.6 Å². The summed E-state index contributed by atoms with van der Waals surface area (Å²) in [7, 11) is 0. The molecule has 3 N–H and O–H groups in total. The van der Waals surface area contributed by atoms with Gasteiger partial charge in [-0.2, -0.15) is 5.10 Å². The first kappa shape index (κ1) is 22.1. The highest BCUT2D eigenvalue weighted by atomic mass is 32.1. The van der Waals surface area contributed by atoms with Gasteiger partial charge in [0.15, 0.2) is 10.8 Å². The zero-order chi connectivity index (χ0) is 23.4. The predicted octanol–water partition coefficient (Wildman–Crippen LogP) is 3.92. The molecule has 2 aromatic heterocycles. The van der Waals surface area contributed by atoms with E-state index in [4.69, 9.17) is 0 Å². The van der Waals surface area contributed by atoms with Crippen LogP contribution in [0.25, 0.3) is 22.2 Å². The lowest BCUT2D eigenvalue weighted by molar-refractivity contribution is -0.384. The van der Waals surface area contributed by atoms with Crippen molar-refractivity contribution in [2.75, 3.05) is 11.9 Å². The van der Waals surface area contributed by atoms with Gasteiger partial charge >= 0.3 is 0 Å². The Hall–Kier alpha value is -4.12. The number of hydrogen-bond acceptors (Lipinski definition) is 7. The van der Waals surface area contributed by atoms with Crippen molar-refractivity contribution < 1.29 is 14.5 Å². The minimum atomic E-state index is -0.518. The number of benzene rings is 2. The summed E-state index contributed by atoms with van der Waals surface area (Å²) < 4.78 is 0. The molecule has 168 valence electrons. The Morgan fingerprint density at radius 1 is 1.18 bits per heavy atom. The number of carbonyl (C=O) groups is 2. The van der Waals surface area contributed by atoms with Gasteiger partial charge in [-0.1, -0.05) is 24.3 Å². The average Bonchev–Trinajstić information content (AvgIpc) is 3.43. The smallest absolute Gasteiger partial charge is 0.278 e. The lowest BCUT2D eigenvalue weighted by Crippen LogP contribution is -2.21. The van der Waals surface area contributed by atoms with Gasteiger partial charge in [-0.3, -0.25) is 30.1 Å². The van der Waals surface area contributed by atoms with Crippen LogP contribution in [0.1, 0.15) is 29.4 Å². The molecule has 0 bridgehead atoms. The molecule has 4 rings (SSSR count). The number of nitro groups is 1. The lowest BCUT2D eigenvalue weighted by atomic mass is 10.1. The van der Waals surface area contributed by atoms with E-state index in [9.17, 15) is 19.7 Å². The number of H-pyrrole nitrogens is 1. The van der Waals surface area contributed by atoms with Crippen LogP contribution in [-0.2, 0) is 11.2 Å². The highest BCUT2D eigenvalue weighted by Crippen LogP contribution is 2.27. The van der Waals surface area contributed by atoms with Crippen LogP contribution in [0, 0.1) is 10.1 Å². The fourth-order valence-electron chi connectivity index (χ4n) is 3.31. The molecule has 0 atom stereocenters. The van der Waals surface area contributed by atoms with Crippen LogP contribution in [-0.4, -0.2) is 38.5 Å². The van der Waals surface area contributed by atoms with E-state index in [2.05, 4.69) is 25.8 Å². The molecule has 2 amide bonds. The van der Waals surface area contributed by atoms with E-state index < -0.39 is 10.8 Å². The van der Waals surface area contributed by atoms with E-state index >= 15 is 0 Å². The number of aromatic amines is 1.